The van der Waals surface area contributed by atoms with E-state index in [0.29, 0.717) is 10.7 Å². The van der Waals surface area contributed by atoms with Gasteiger partial charge in [0.1, 0.15) is 5.15 Å². The number of nitrogens with one attached hydrogen (secondary N) is 1. The minimum Gasteiger partial charge on any atom is -0.307 e. The Kier molecular flexibility index (Phi) is 3.27. The highest BCUT2D eigenvalue weighted by Gasteiger charge is 2.27. The van der Waals surface area contributed by atoms with Gasteiger partial charge in [-0.15, -0.1) is 0 Å². The third-order valence-corrected chi connectivity index (χ3v) is 3.44. The van der Waals surface area contributed by atoms with Crippen molar-refractivity contribution in [3.63, 3.8) is 0 Å². The fourth-order valence-corrected chi connectivity index (χ4v) is 2.27. The normalized spacial score (nSPS) is 19.3. The molecule has 1 aliphatic rings. The van der Waals surface area contributed by atoms with Crippen molar-refractivity contribution in [3.05, 3.63) is 29.0 Å². The summed E-state index contributed by atoms with van der Waals surface area (Å²) in [7, 11) is 0. The Bertz CT molecular complexity index is 315. The van der Waals surface area contributed by atoms with E-state index in [0.717, 1.165) is 6.54 Å². The van der Waals surface area contributed by atoms with Crippen molar-refractivity contribution in [2.24, 2.45) is 0 Å². The lowest BCUT2D eigenvalue weighted by Gasteiger charge is -2.25. The monoisotopic (exact) mass is 224 g/mol. The Morgan fingerprint density at radius 1 is 1.40 bits per heavy atom. The van der Waals surface area contributed by atoms with Gasteiger partial charge in [0.2, 0.25) is 0 Å². The van der Waals surface area contributed by atoms with Gasteiger partial charge in [0.15, 0.2) is 0 Å². The van der Waals surface area contributed by atoms with Crippen molar-refractivity contribution in [1.29, 1.82) is 0 Å². The van der Waals surface area contributed by atoms with E-state index in [1.54, 1.807) is 0 Å². The van der Waals surface area contributed by atoms with Gasteiger partial charge in [0.05, 0.1) is 0 Å². The molecule has 1 saturated carbocycles. The van der Waals surface area contributed by atoms with Crippen molar-refractivity contribution in [3.8, 4) is 0 Å². The van der Waals surface area contributed by atoms with E-state index in [1.807, 2.05) is 18.3 Å². The molecule has 0 atom stereocenters. The van der Waals surface area contributed by atoms with Gasteiger partial charge in [-0.2, -0.15) is 0 Å². The van der Waals surface area contributed by atoms with E-state index in [9.17, 15) is 0 Å². The summed E-state index contributed by atoms with van der Waals surface area (Å²) < 4.78 is 0. The lowest BCUT2D eigenvalue weighted by Crippen LogP contribution is -2.38. The molecule has 1 heterocycles. The molecule has 3 heteroatoms. The fraction of sp³-hybridized carbons (Fsp3) is 0.583. The summed E-state index contributed by atoms with van der Waals surface area (Å²) in [6.07, 6.45) is 7.11. The second kappa shape index (κ2) is 4.50. The largest absolute Gasteiger partial charge is 0.307 e. The SMILES string of the molecule is CC1(NCc2ccc(Cl)nc2)CCCC1. The predicted octanol–water partition coefficient (Wildman–Crippen LogP) is 3.16. The second-order valence-electron chi connectivity index (χ2n) is 4.61. The van der Waals surface area contributed by atoms with Gasteiger partial charge in [-0.25, -0.2) is 4.98 Å². The van der Waals surface area contributed by atoms with E-state index in [4.69, 9.17) is 11.6 Å². The number of hydrogen-bond acceptors (Lipinski definition) is 2. The molecule has 1 aliphatic carbocycles. The van der Waals surface area contributed by atoms with Crippen LogP contribution in [0, 0.1) is 0 Å². The first-order chi connectivity index (χ1) is 7.18. The van der Waals surface area contributed by atoms with Crippen molar-refractivity contribution in [1.82, 2.24) is 10.3 Å². The van der Waals surface area contributed by atoms with E-state index in [1.165, 1.54) is 31.2 Å². The third-order valence-electron chi connectivity index (χ3n) is 3.22. The molecule has 1 aromatic heterocycles. The summed E-state index contributed by atoms with van der Waals surface area (Å²) in [6, 6.07) is 3.87. The van der Waals surface area contributed by atoms with Crippen molar-refractivity contribution >= 4 is 11.6 Å². The van der Waals surface area contributed by atoms with E-state index >= 15 is 0 Å². The maximum absolute atomic E-state index is 5.73. The van der Waals surface area contributed by atoms with E-state index < -0.39 is 0 Å². The van der Waals surface area contributed by atoms with Gasteiger partial charge in [0.25, 0.3) is 0 Å². The summed E-state index contributed by atoms with van der Waals surface area (Å²) >= 11 is 5.73. The Balaban J connectivity index is 1.90. The molecule has 0 aliphatic heterocycles. The minimum absolute atomic E-state index is 0.333. The van der Waals surface area contributed by atoms with Crippen LogP contribution in [-0.2, 0) is 6.54 Å². The lowest BCUT2D eigenvalue weighted by atomic mass is 10.0. The zero-order valence-corrected chi connectivity index (χ0v) is 9.85. The van der Waals surface area contributed by atoms with Crippen LogP contribution in [0.1, 0.15) is 38.2 Å². The molecule has 15 heavy (non-hydrogen) atoms. The zero-order valence-electron chi connectivity index (χ0n) is 9.09. The maximum Gasteiger partial charge on any atom is 0.129 e. The number of rotatable bonds is 3. The van der Waals surface area contributed by atoms with Crippen LogP contribution >= 0.6 is 11.6 Å². The van der Waals surface area contributed by atoms with Crippen molar-refractivity contribution < 1.29 is 0 Å². The molecule has 82 valence electrons. The van der Waals surface area contributed by atoms with Crippen molar-refractivity contribution in [2.75, 3.05) is 0 Å². The van der Waals surface area contributed by atoms with Crippen LogP contribution in [0.3, 0.4) is 0 Å². The van der Waals surface area contributed by atoms with Gasteiger partial charge in [0, 0.05) is 18.3 Å². The average Bonchev–Trinajstić information content (AvgIpc) is 2.65. The topological polar surface area (TPSA) is 24.9 Å². The van der Waals surface area contributed by atoms with Gasteiger partial charge in [-0.3, -0.25) is 0 Å². The van der Waals surface area contributed by atoms with Crippen LogP contribution < -0.4 is 5.32 Å². The molecule has 0 amide bonds. The first kappa shape index (κ1) is 10.9. The van der Waals surface area contributed by atoms with Crippen LogP contribution in [0.5, 0.6) is 0 Å². The van der Waals surface area contributed by atoms with Gasteiger partial charge in [-0.05, 0) is 31.4 Å². The molecule has 2 rings (SSSR count). The Hall–Kier alpha value is -0.600. The smallest absolute Gasteiger partial charge is 0.129 e. The summed E-state index contributed by atoms with van der Waals surface area (Å²) in [4.78, 5) is 4.07. The summed E-state index contributed by atoms with van der Waals surface area (Å²) in [5.41, 5.74) is 1.53. The standard InChI is InChI=1S/C12H17ClN2/c1-12(6-2-3-7-12)15-9-10-4-5-11(13)14-8-10/h4-5,8,15H,2-3,6-7,9H2,1H3. The number of pyridine rings is 1. The first-order valence-electron chi connectivity index (χ1n) is 5.53. The number of hydrogen-bond donors (Lipinski definition) is 1. The molecule has 2 nitrogen and oxygen atoms in total. The van der Waals surface area contributed by atoms with Crippen LogP contribution in [0.4, 0.5) is 0 Å². The summed E-state index contributed by atoms with van der Waals surface area (Å²) in [5.74, 6) is 0. The number of halogens is 1. The lowest BCUT2D eigenvalue weighted by molar-refractivity contribution is 0.362. The molecular weight excluding hydrogens is 208 g/mol. The Labute approximate surface area is 96.1 Å². The molecule has 0 spiro atoms. The van der Waals surface area contributed by atoms with Crippen LogP contribution in [0.2, 0.25) is 5.15 Å². The van der Waals surface area contributed by atoms with Crippen LogP contribution in [-0.4, -0.2) is 10.5 Å². The van der Waals surface area contributed by atoms with E-state index in [-0.39, 0.29) is 0 Å². The van der Waals surface area contributed by atoms with Gasteiger partial charge >= 0.3 is 0 Å². The van der Waals surface area contributed by atoms with E-state index in [2.05, 4.69) is 17.2 Å². The summed E-state index contributed by atoms with van der Waals surface area (Å²) in [6.45, 7) is 3.20. The van der Waals surface area contributed by atoms with Crippen LogP contribution in [0.15, 0.2) is 18.3 Å². The number of aromatic nitrogens is 1. The highest BCUT2D eigenvalue weighted by atomic mass is 35.5. The molecule has 1 N–H and O–H groups in total. The zero-order chi connectivity index (χ0) is 10.7. The Morgan fingerprint density at radius 2 is 2.13 bits per heavy atom. The molecule has 0 bridgehead atoms. The highest BCUT2D eigenvalue weighted by Crippen LogP contribution is 2.29. The number of nitrogens with zero attached hydrogens (tertiary/aromatic N) is 1. The quantitative estimate of drug-likeness (QED) is 0.798. The van der Waals surface area contributed by atoms with Gasteiger partial charge < -0.3 is 5.32 Å². The molecule has 0 radical (unpaired) electrons. The van der Waals surface area contributed by atoms with Gasteiger partial charge in [-0.1, -0.05) is 30.5 Å². The molecule has 0 aromatic carbocycles. The molecule has 1 fully saturated rings. The Morgan fingerprint density at radius 3 is 2.73 bits per heavy atom. The molecule has 0 saturated heterocycles. The second-order valence-corrected chi connectivity index (χ2v) is 5.00. The minimum atomic E-state index is 0.333. The maximum atomic E-state index is 5.73. The average molecular weight is 225 g/mol. The molecule has 1 aromatic rings. The van der Waals surface area contributed by atoms with Crippen LogP contribution in [0.25, 0.3) is 0 Å². The predicted molar refractivity (Wildman–Crippen MR) is 63.0 cm³/mol. The summed E-state index contributed by atoms with van der Waals surface area (Å²) in [5, 5.41) is 4.17. The first-order valence-corrected chi connectivity index (χ1v) is 5.91. The molecule has 0 unspecified atom stereocenters. The van der Waals surface area contributed by atoms with Crippen molar-refractivity contribution in [2.45, 2.75) is 44.7 Å². The third kappa shape index (κ3) is 2.93. The molecular formula is C12H17ClN2. The highest BCUT2D eigenvalue weighted by molar-refractivity contribution is 6.29. The fourth-order valence-electron chi connectivity index (χ4n) is 2.16.